The Bertz CT molecular complexity index is 802. The highest BCUT2D eigenvalue weighted by molar-refractivity contribution is 5.93. The number of piperidine rings is 1. The smallest absolute Gasteiger partial charge is 0.257 e. The van der Waals surface area contributed by atoms with Gasteiger partial charge in [0.05, 0.1) is 11.0 Å². The van der Waals surface area contributed by atoms with Crippen LogP contribution in [0.15, 0.2) is 16.9 Å². The predicted octanol–water partition coefficient (Wildman–Crippen LogP) is 2.26. The normalized spacial score (nSPS) is 22.8. The molecule has 3 heterocycles. The van der Waals surface area contributed by atoms with E-state index in [9.17, 15) is 4.79 Å². The standard InChI is InChI=1S/C19H25N5O3/c1-13-20-10-15(11-21-13)17(25)24-8-3-6-19(12-24,7-9-26-2)18-22-16(27-23-18)14-4-5-14/h10-11,14H,3-9,12H2,1-2H3. The van der Waals surface area contributed by atoms with Crippen LogP contribution >= 0.6 is 0 Å². The van der Waals surface area contributed by atoms with Crippen LogP contribution in [-0.4, -0.2) is 57.7 Å². The molecule has 0 spiro atoms. The zero-order valence-corrected chi connectivity index (χ0v) is 15.8. The Morgan fingerprint density at radius 3 is 2.85 bits per heavy atom. The van der Waals surface area contributed by atoms with Crippen LogP contribution in [0.5, 0.6) is 0 Å². The van der Waals surface area contributed by atoms with E-state index in [-0.39, 0.29) is 11.3 Å². The van der Waals surface area contributed by atoms with Crippen molar-refractivity contribution in [2.45, 2.75) is 50.4 Å². The average molecular weight is 371 g/mol. The second-order valence-corrected chi connectivity index (χ2v) is 7.60. The molecule has 1 amide bonds. The number of aryl methyl sites for hydroxylation is 1. The molecule has 144 valence electrons. The van der Waals surface area contributed by atoms with Gasteiger partial charge < -0.3 is 14.2 Å². The number of amides is 1. The summed E-state index contributed by atoms with van der Waals surface area (Å²) in [5, 5.41) is 4.30. The van der Waals surface area contributed by atoms with Gasteiger partial charge in [-0.05, 0) is 39.0 Å². The maximum absolute atomic E-state index is 13.0. The van der Waals surface area contributed by atoms with Crippen molar-refractivity contribution in [2.75, 3.05) is 26.8 Å². The highest BCUT2D eigenvalue weighted by atomic mass is 16.5. The zero-order chi connectivity index (χ0) is 18.9. The molecule has 27 heavy (non-hydrogen) atoms. The molecule has 2 fully saturated rings. The van der Waals surface area contributed by atoms with E-state index in [0.717, 1.165) is 38.0 Å². The third-order valence-electron chi connectivity index (χ3n) is 5.52. The number of nitrogens with zero attached hydrogens (tertiary/aromatic N) is 5. The molecule has 8 nitrogen and oxygen atoms in total. The van der Waals surface area contributed by atoms with E-state index in [1.165, 1.54) is 0 Å². The number of aromatic nitrogens is 4. The summed E-state index contributed by atoms with van der Waals surface area (Å²) in [4.78, 5) is 27.8. The topological polar surface area (TPSA) is 94.2 Å². The van der Waals surface area contributed by atoms with Crippen molar-refractivity contribution in [2.24, 2.45) is 0 Å². The third-order valence-corrected chi connectivity index (χ3v) is 5.52. The Labute approximate surface area is 158 Å². The molecule has 2 aromatic heterocycles. The van der Waals surface area contributed by atoms with Crippen molar-refractivity contribution >= 4 is 5.91 Å². The van der Waals surface area contributed by atoms with Crippen molar-refractivity contribution in [3.05, 3.63) is 35.5 Å². The van der Waals surface area contributed by atoms with Gasteiger partial charge in [0.2, 0.25) is 5.89 Å². The van der Waals surface area contributed by atoms with Gasteiger partial charge in [0.25, 0.3) is 5.91 Å². The van der Waals surface area contributed by atoms with Crippen LogP contribution in [0.3, 0.4) is 0 Å². The maximum Gasteiger partial charge on any atom is 0.257 e. The molecule has 0 aromatic carbocycles. The van der Waals surface area contributed by atoms with Gasteiger partial charge in [-0.25, -0.2) is 9.97 Å². The van der Waals surface area contributed by atoms with Crippen LogP contribution in [-0.2, 0) is 10.2 Å². The van der Waals surface area contributed by atoms with Crippen molar-refractivity contribution in [3.63, 3.8) is 0 Å². The first-order chi connectivity index (χ1) is 13.1. The molecule has 2 aliphatic rings. The van der Waals surface area contributed by atoms with Gasteiger partial charge in [-0.1, -0.05) is 5.16 Å². The SMILES string of the molecule is COCCC1(c2noc(C3CC3)n2)CCCN(C(=O)c2cnc(C)nc2)C1. The maximum atomic E-state index is 13.0. The molecule has 1 aliphatic heterocycles. The molecule has 2 aromatic rings. The van der Waals surface area contributed by atoms with Gasteiger partial charge in [0, 0.05) is 45.1 Å². The molecular formula is C19H25N5O3. The molecule has 0 radical (unpaired) electrons. The van der Waals surface area contributed by atoms with E-state index >= 15 is 0 Å². The number of rotatable bonds is 6. The van der Waals surface area contributed by atoms with E-state index in [1.807, 2.05) is 4.90 Å². The van der Waals surface area contributed by atoms with Crippen LogP contribution in [0.25, 0.3) is 0 Å². The Morgan fingerprint density at radius 2 is 2.15 bits per heavy atom. The van der Waals surface area contributed by atoms with E-state index in [1.54, 1.807) is 26.4 Å². The molecule has 1 aliphatic carbocycles. The number of carbonyl (C=O) groups is 1. The lowest BCUT2D eigenvalue weighted by atomic mass is 9.76. The fraction of sp³-hybridized carbons (Fsp3) is 0.632. The first kappa shape index (κ1) is 18.0. The lowest BCUT2D eigenvalue weighted by molar-refractivity contribution is 0.0566. The third kappa shape index (κ3) is 3.71. The first-order valence-corrected chi connectivity index (χ1v) is 9.52. The predicted molar refractivity (Wildman–Crippen MR) is 96.4 cm³/mol. The van der Waals surface area contributed by atoms with E-state index < -0.39 is 0 Å². The molecule has 1 atom stereocenters. The minimum atomic E-state index is -0.341. The summed E-state index contributed by atoms with van der Waals surface area (Å²) >= 11 is 0. The number of hydrogen-bond donors (Lipinski definition) is 0. The number of carbonyl (C=O) groups excluding carboxylic acids is 1. The van der Waals surface area contributed by atoms with Crippen LogP contribution in [0, 0.1) is 6.92 Å². The van der Waals surface area contributed by atoms with Gasteiger partial charge in [-0.15, -0.1) is 0 Å². The fourth-order valence-electron chi connectivity index (χ4n) is 3.73. The van der Waals surface area contributed by atoms with E-state index in [4.69, 9.17) is 14.2 Å². The zero-order valence-electron chi connectivity index (χ0n) is 15.8. The summed E-state index contributed by atoms with van der Waals surface area (Å²) in [5.74, 6) is 2.45. The second-order valence-electron chi connectivity index (χ2n) is 7.60. The Morgan fingerprint density at radius 1 is 1.37 bits per heavy atom. The summed E-state index contributed by atoms with van der Waals surface area (Å²) in [5.41, 5.74) is 0.168. The van der Waals surface area contributed by atoms with Crippen LogP contribution < -0.4 is 0 Å². The fourth-order valence-corrected chi connectivity index (χ4v) is 3.73. The van der Waals surface area contributed by atoms with Crippen molar-refractivity contribution < 1.29 is 14.1 Å². The first-order valence-electron chi connectivity index (χ1n) is 9.52. The van der Waals surface area contributed by atoms with Crippen LogP contribution in [0.2, 0.25) is 0 Å². The molecule has 1 saturated carbocycles. The Balaban J connectivity index is 1.58. The minimum absolute atomic E-state index is 0.0533. The monoisotopic (exact) mass is 371 g/mol. The van der Waals surface area contributed by atoms with Gasteiger partial charge in [0.15, 0.2) is 5.82 Å². The lowest BCUT2D eigenvalue weighted by Gasteiger charge is -2.40. The quantitative estimate of drug-likeness (QED) is 0.768. The van der Waals surface area contributed by atoms with E-state index in [0.29, 0.717) is 42.8 Å². The number of methoxy groups -OCH3 is 1. The molecule has 8 heteroatoms. The van der Waals surface area contributed by atoms with Crippen LogP contribution in [0.1, 0.15) is 65.9 Å². The van der Waals surface area contributed by atoms with Gasteiger partial charge in [0.1, 0.15) is 5.82 Å². The van der Waals surface area contributed by atoms with E-state index in [2.05, 4.69) is 15.1 Å². The molecule has 1 saturated heterocycles. The summed E-state index contributed by atoms with van der Waals surface area (Å²) in [6, 6.07) is 0. The number of hydrogen-bond acceptors (Lipinski definition) is 7. The van der Waals surface area contributed by atoms with Crippen molar-refractivity contribution in [1.29, 1.82) is 0 Å². The lowest BCUT2D eigenvalue weighted by Crippen LogP contribution is -2.49. The Hall–Kier alpha value is -2.35. The summed E-state index contributed by atoms with van der Waals surface area (Å²) < 4.78 is 10.9. The minimum Gasteiger partial charge on any atom is -0.385 e. The summed E-state index contributed by atoms with van der Waals surface area (Å²) in [6.07, 6.45) is 7.96. The highest BCUT2D eigenvalue weighted by Gasteiger charge is 2.43. The largest absolute Gasteiger partial charge is 0.385 e. The summed E-state index contributed by atoms with van der Waals surface area (Å²) in [6.45, 7) is 3.64. The molecule has 4 rings (SSSR count). The molecule has 0 N–H and O–H groups in total. The second kappa shape index (κ2) is 7.34. The molecule has 1 unspecified atom stereocenters. The van der Waals surface area contributed by atoms with Crippen molar-refractivity contribution in [3.8, 4) is 0 Å². The van der Waals surface area contributed by atoms with Crippen LogP contribution in [0.4, 0.5) is 0 Å². The van der Waals surface area contributed by atoms with Gasteiger partial charge in [-0.3, -0.25) is 4.79 Å². The average Bonchev–Trinajstić information content (AvgIpc) is 3.43. The Kier molecular flexibility index (Phi) is 4.90. The summed E-state index contributed by atoms with van der Waals surface area (Å²) in [7, 11) is 1.69. The number of ether oxygens (including phenoxy) is 1. The van der Waals surface area contributed by atoms with Gasteiger partial charge >= 0.3 is 0 Å². The van der Waals surface area contributed by atoms with Gasteiger partial charge in [-0.2, -0.15) is 4.98 Å². The molecular weight excluding hydrogens is 346 g/mol. The number of likely N-dealkylation sites (tertiary alicyclic amines) is 1. The molecule has 0 bridgehead atoms. The van der Waals surface area contributed by atoms with Crippen molar-refractivity contribution in [1.82, 2.24) is 25.0 Å². The highest BCUT2D eigenvalue weighted by Crippen LogP contribution is 2.41.